The standard InChI is InChI=1S/C13H15BrFNO/c14-10-7-9(3-4-11(10)15)8-12(17)13(16)5-1-2-6-13/h3-4,7H,1-2,5-6,8,16H2. The van der Waals surface area contributed by atoms with Crippen LogP contribution in [0, 0.1) is 5.82 Å². The Balaban J connectivity index is 2.10. The number of Topliss-reactive ketones (excluding diaryl/α,β-unsaturated/α-hetero) is 1. The van der Waals surface area contributed by atoms with E-state index in [9.17, 15) is 9.18 Å². The second-order valence-electron chi connectivity index (χ2n) is 4.71. The average Bonchev–Trinajstić information content (AvgIpc) is 2.72. The topological polar surface area (TPSA) is 43.1 Å². The van der Waals surface area contributed by atoms with E-state index in [2.05, 4.69) is 15.9 Å². The number of benzene rings is 1. The summed E-state index contributed by atoms with van der Waals surface area (Å²) >= 11 is 3.12. The largest absolute Gasteiger partial charge is 0.319 e. The fourth-order valence-corrected chi connectivity index (χ4v) is 2.72. The van der Waals surface area contributed by atoms with Crippen molar-refractivity contribution in [1.29, 1.82) is 0 Å². The van der Waals surface area contributed by atoms with Crippen LogP contribution in [0.15, 0.2) is 22.7 Å². The van der Waals surface area contributed by atoms with E-state index >= 15 is 0 Å². The smallest absolute Gasteiger partial charge is 0.156 e. The van der Waals surface area contributed by atoms with E-state index in [0.717, 1.165) is 31.2 Å². The number of hydrogen-bond donors (Lipinski definition) is 1. The SMILES string of the molecule is NC1(C(=O)Cc2ccc(F)c(Br)c2)CCCC1. The molecule has 2 rings (SSSR count). The Labute approximate surface area is 109 Å². The minimum atomic E-state index is -0.652. The molecule has 1 aliphatic carbocycles. The van der Waals surface area contributed by atoms with Gasteiger partial charge in [-0.3, -0.25) is 4.79 Å². The minimum Gasteiger partial charge on any atom is -0.319 e. The molecule has 1 saturated carbocycles. The van der Waals surface area contributed by atoms with Crippen LogP contribution < -0.4 is 5.73 Å². The summed E-state index contributed by atoms with van der Waals surface area (Å²) in [7, 11) is 0. The predicted octanol–water partition coefficient (Wildman–Crippen LogP) is 2.97. The van der Waals surface area contributed by atoms with Gasteiger partial charge >= 0.3 is 0 Å². The van der Waals surface area contributed by atoms with E-state index in [-0.39, 0.29) is 18.0 Å². The molecule has 1 fully saturated rings. The van der Waals surface area contributed by atoms with Crippen molar-refractivity contribution in [2.24, 2.45) is 5.73 Å². The first-order chi connectivity index (χ1) is 8.01. The van der Waals surface area contributed by atoms with Crippen LogP contribution in [-0.2, 0) is 11.2 Å². The van der Waals surface area contributed by atoms with Gasteiger partial charge in [-0.15, -0.1) is 0 Å². The zero-order valence-electron chi connectivity index (χ0n) is 9.51. The Morgan fingerprint density at radius 3 is 2.65 bits per heavy atom. The van der Waals surface area contributed by atoms with Gasteiger partial charge in [-0.2, -0.15) is 0 Å². The highest BCUT2D eigenvalue weighted by molar-refractivity contribution is 9.10. The summed E-state index contributed by atoms with van der Waals surface area (Å²) in [5.41, 5.74) is 6.24. The van der Waals surface area contributed by atoms with Crippen molar-refractivity contribution in [3.05, 3.63) is 34.1 Å². The zero-order chi connectivity index (χ0) is 12.5. The fraction of sp³-hybridized carbons (Fsp3) is 0.462. The van der Waals surface area contributed by atoms with E-state index < -0.39 is 5.54 Å². The molecule has 0 amide bonds. The number of rotatable bonds is 3. The Morgan fingerprint density at radius 1 is 1.41 bits per heavy atom. The molecule has 0 aromatic heterocycles. The number of nitrogens with two attached hydrogens (primary N) is 1. The maximum atomic E-state index is 13.1. The average molecular weight is 300 g/mol. The summed E-state index contributed by atoms with van der Waals surface area (Å²) in [5, 5.41) is 0. The first-order valence-electron chi connectivity index (χ1n) is 5.77. The highest BCUT2D eigenvalue weighted by Gasteiger charge is 2.36. The molecule has 0 bridgehead atoms. The summed E-state index contributed by atoms with van der Waals surface area (Å²) in [6, 6.07) is 4.65. The molecule has 0 spiro atoms. The second-order valence-corrected chi connectivity index (χ2v) is 5.57. The highest BCUT2D eigenvalue weighted by Crippen LogP contribution is 2.29. The number of halogens is 2. The molecule has 0 unspecified atom stereocenters. The Kier molecular flexibility index (Phi) is 3.64. The van der Waals surface area contributed by atoms with Gasteiger partial charge in [-0.25, -0.2) is 4.39 Å². The van der Waals surface area contributed by atoms with Gasteiger partial charge in [0.15, 0.2) is 5.78 Å². The summed E-state index contributed by atoms with van der Waals surface area (Å²) in [6.07, 6.45) is 3.88. The van der Waals surface area contributed by atoms with E-state index in [0.29, 0.717) is 4.47 Å². The van der Waals surface area contributed by atoms with Gasteiger partial charge in [0.1, 0.15) is 5.82 Å². The van der Waals surface area contributed by atoms with Crippen molar-refractivity contribution < 1.29 is 9.18 Å². The molecule has 4 heteroatoms. The van der Waals surface area contributed by atoms with E-state index in [4.69, 9.17) is 5.73 Å². The molecular formula is C13H15BrFNO. The van der Waals surface area contributed by atoms with E-state index in [1.54, 1.807) is 12.1 Å². The molecule has 1 aromatic carbocycles. The maximum absolute atomic E-state index is 13.1. The molecule has 1 aliphatic rings. The van der Waals surface area contributed by atoms with Gasteiger partial charge in [-0.05, 0) is 46.5 Å². The number of carbonyl (C=O) groups excluding carboxylic acids is 1. The summed E-state index contributed by atoms with van der Waals surface area (Å²) in [4.78, 5) is 12.1. The van der Waals surface area contributed by atoms with Crippen molar-refractivity contribution in [2.75, 3.05) is 0 Å². The third-order valence-corrected chi connectivity index (χ3v) is 4.01. The van der Waals surface area contributed by atoms with Crippen LogP contribution in [0.4, 0.5) is 4.39 Å². The molecular weight excluding hydrogens is 285 g/mol. The number of hydrogen-bond acceptors (Lipinski definition) is 2. The van der Waals surface area contributed by atoms with E-state index in [1.807, 2.05) is 0 Å². The highest BCUT2D eigenvalue weighted by atomic mass is 79.9. The van der Waals surface area contributed by atoms with E-state index in [1.165, 1.54) is 6.07 Å². The van der Waals surface area contributed by atoms with Crippen LogP contribution in [0.5, 0.6) is 0 Å². The van der Waals surface area contributed by atoms with Crippen molar-refractivity contribution in [1.82, 2.24) is 0 Å². The second kappa shape index (κ2) is 4.86. The van der Waals surface area contributed by atoms with Gasteiger partial charge in [0.05, 0.1) is 10.0 Å². The van der Waals surface area contributed by atoms with Crippen molar-refractivity contribution in [3.63, 3.8) is 0 Å². The lowest BCUT2D eigenvalue weighted by molar-refractivity contribution is -0.123. The first-order valence-corrected chi connectivity index (χ1v) is 6.57. The molecule has 0 radical (unpaired) electrons. The maximum Gasteiger partial charge on any atom is 0.156 e. The molecule has 0 saturated heterocycles. The van der Waals surface area contributed by atoms with Gasteiger partial charge in [0.2, 0.25) is 0 Å². The Hall–Kier alpha value is -0.740. The zero-order valence-corrected chi connectivity index (χ0v) is 11.1. The monoisotopic (exact) mass is 299 g/mol. The van der Waals surface area contributed by atoms with Crippen LogP contribution in [0.25, 0.3) is 0 Å². The normalized spacial score (nSPS) is 18.3. The number of carbonyl (C=O) groups is 1. The molecule has 0 aliphatic heterocycles. The molecule has 1 aromatic rings. The minimum absolute atomic E-state index is 0.0634. The van der Waals surface area contributed by atoms with Crippen LogP contribution in [0.1, 0.15) is 31.2 Å². The molecule has 92 valence electrons. The molecule has 0 atom stereocenters. The molecule has 0 heterocycles. The molecule has 17 heavy (non-hydrogen) atoms. The third-order valence-electron chi connectivity index (χ3n) is 3.40. The van der Waals surface area contributed by atoms with Crippen LogP contribution >= 0.6 is 15.9 Å². The van der Waals surface area contributed by atoms with Crippen molar-refractivity contribution >= 4 is 21.7 Å². The quantitative estimate of drug-likeness (QED) is 0.932. The lowest BCUT2D eigenvalue weighted by Crippen LogP contribution is -2.46. The van der Waals surface area contributed by atoms with Crippen molar-refractivity contribution in [3.8, 4) is 0 Å². The summed E-state index contributed by atoms with van der Waals surface area (Å²) in [5.74, 6) is -0.252. The molecule has 2 nitrogen and oxygen atoms in total. The third kappa shape index (κ3) is 2.75. The van der Waals surface area contributed by atoms with Crippen LogP contribution in [-0.4, -0.2) is 11.3 Å². The Bertz CT molecular complexity index is 441. The fourth-order valence-electron chi connectivity index (χ4n) is 2.30. The first kappa shape index (κ1) is 12.7. The van der Waals surface area contributed by atoms with Crippen LogP contribution in [0.2, 0.25) is 0 Å². The summed E-state index contributed by atoms with van der Waals surface area (Å²) in [6.45, 7) is 0. The lowest BCUT2D eigenvalue weighted by atomic mass is 9.89. The van der Waals surface area contributed by atoms with Gasteiger partial charge in [0.25, 0.3) is 0 Å². The van der Waals surface area contributed by atoms with Gasteiger partial charge in [0, 0.05) is 6.42 Å². The lowest BCUT2D eigenvalue weighted by Gasteiger charge is -2.21. The van der Waals surface area contributed by atoms with Crippen molar-refractivity contribution in [2.45, 2.75) is 37.6 Å². The Morgan fingerprint density at radius 2 is 2.06 bits per heavy atom. The summed E-state index contributed by atoms with van der Waals surface area (Å²) < 4.78 is 13.4. The predicted molar refractivity (Wildman–Crippen MR) is 68.2 cm³/mol. The van der Waals surface area contributed by atoms with Gasteiger partial charge in [-0.1, -0.05) is 18.9 Å². The molecule has 2 N–H and O–H groups in total. The number of ketones is 1. The van der Waals surface area contributed by atoms with Gasteiger partial charge < -0.3 is 5.73 Å². The van der Waals surface area contributed by atoms with Crippen LogP contribution in [0.3, 0.4) is 0 Å².